The van der Waals surface area contributed by atoms with Crippen molar-refractivity contribution >= 4 is 6.09 Å². The Morgan fingerprint density at radius 1 is 1.28 bits per heavy atom. The predicted molar refractivity (Wildman–Crippen MR) is 99.8 cm³/mol. The Morgan fingerprint density at radius 3 is 2.32 bits per heavy atom. The van der Waals surface area contributed by atoms with Crippen LogP contribution in [-0.2, 0) is 6.42 Å². The second-order valence-corrected chi connectivity index (χ2v) is 8.16. The van der Waals surface area contributed by atoms with Crippen LogP contribution in [0.4, 0.5) is 4.79 Å². The van der Waals surface area contributed by atoms with Crippen molar-refractivity contribution in [3.63, 3.8) is 0 Å². The van der Waals surface area contributed by atoms with Crippen LogP contribution in [0.15, 0.2) is 30.3 Å². The summed E-state index contributed by atoms with van der Waals surface area (Å²) in [6.45, 7) is 8.16. The first kappa shape index (κ1) is 19.7. The number of hydrogen-bond acceptors (Lipinski definition) is 3. The molecule has 2 atom stereocenters. The van der Waals surface area contributed by atoms with Crippen LogP contribution >= 0.6 is 0 Å². The number of nitrogens with zero attached hydrogens (tertiary/aromatic N) is 1. The van der Waals surface area contributed by atoms with E-state index in [1.807, 2.05) is 51.1 Å². The van der Waals surface area contributed by atoms with Crippen LogP contribution < -0.4 is 5.32 Å². The van der Waals surface area contributed by atoms with Crippen LogP contribution in [0.3, 0.4) is 0 Å². The van der Waals surface area contributed by atoms with Crippen molar-refractivity contribution < 1.29 is 15.0 Å². The van der Waals surface area contributed by atoms with E-state index in [0.29, 0.717) is 13.0 Å². The molecule has 1 fully saturated rings. The van der Waals surface area contributed by atoms with Gasteiger partial charge in [-0.3, -0.25) is 4.90 Å². The average molecular weight is 348 g/mol. The SMILES string of the molecule is CCC1(NC[C@H](O)[C@H](Cc2ccccc2)N(C(=O)O)C(C)(C)C)CC1. The molecule has 1 saturated carbocycles. The first-order chi connectivity index (χ1) is 11.7. The Hall–Kier alpha value is -1.59. The molecule has 0 aliphatic heterocycles. The summed E-state index contributed by atoms with van der Waals surface area (Å²) in [5.74, 6) is 0. The summed E-state index contributed by atoms with van der Waals surface area (Å²) in [4.78, 5) is 13.3. The lowest BCUT2D eigenvalue weighted by molar-refractivity contribution is 0.00650. The third-order valence-corrected chi connectivity index (χ3v) is 5.21. The number of rotatable bonds is 8. The molecule has 1 aromatic carbocycles. The molecular formula is C20H32N2O3. The van der Waals surface area contributed by atoms with E-state index in [9.17, 15) is 15.0 Å². The lowest BCUT2D eigenvalue weighted by Crippen LogP contribution is -2.58. The molecule has 1 amide bonds. The summed E-state index contributed by atoms with van der Waals surface area (Å²) in [6, 6.07) is 9.27. The second kappa shape index (κ2) is 7.75. The standard InChI is InChI=1S/C20H32N2O3/c1-5-20(11-12-20)21-14-17(23)16(13-15-9-7-6-8-10-15)22(18(24)25)19(2,3)4/h6-10,16-17,21,23H,5,11-14H2,1-4H3,(H,24,25)/t16-,17-/m0/s1. The normalized spacial score (nSPS) is 18.4. The zero-order valence-corrected chi connectivity index (χ0v) is 15.8. The minimum absolute atomic E-state index is 0.147. The van der Waals surface area contributed by atoms with Crippen LogP contribution in [0, 0.1) is 0 Å². The smallest absolute Gasteiger partial charge is 0.408 e. The number of carbonyl (C=O) groups is 1. The highest BCUT2D eigenvalue weighted by Crippen LogP contribution is 2.38. The van der Waals surface area contributed by atoms with Gasteiger partial charge in [0, 0.05) is 17.6 Å². The third kappa shape index (κ3) is 5.19. The Morgan fingerprint density at radius 2 is 1.88 bits per heavy atom. The van der Waals surface area contributed by atoms with Gasteiger partial charge < -0.3 is 15.5 Å². The molecule has 0 heterocycles. The largest absolute Gasteiger partial charge is 0.465 e. The number of aliphatic hydroxyl groups is 1. The highest BCUT2D eigenvalue weighted by atomic mass is 16.4. The van der Waals surface area contributed by atoms with Crippen molar-refractivity contribution in [2.75, 3.05) is 6.54 Å². The molecule has 140 valence electrons. The van der Waals surface area contributed by atoms with Gasteiger partial charge in [0.25, 0.3) is 0 Å². The van der Waals surface area contributed by atoms with E-state index in [1.54, 1.807) is 0 Å². The second-order valence-electron chi connectivity index (χ2n) is 8.16. The highest BCUT2D eigenvalue weighted by Gasteiger charge is 2.42. The summed E-state index contributed by atoms with van der Waals surface area (Å²) in [6.07, 6.45) is 2.02. The van der Waals surface area contributed by atoms with Gasteiger partial charge in [-0.2, -0.15) is 0 Å². The van der Waals surface area contributed by atoms with E-state index in [4.69, 9.17) is 0 Å². The fourth-order valence-electron chi connectivity index (χ4n) is 3.44. The number of aliphatic hydroxyl groups excluding tert-OH is 1. The van der Waals surface area contributed by atoms with Crippen LogP contribution in [-0.4, -0.2) is 51.0 Å². The zero-order valence-electron chi connectivity index (χ0n) is 15.8. The fraction of sp³-hybridized carbons (Fsp3) is 0.650. The van der Waals surface area contributed by atoms with Crippen molar-refractivity contribution in [1.82, 2.24) is 10.2 Å². The van der Waals surface area contributed by atoms with Crippen molar-refractivity contribution in [3.8, 4) is 0 Å². The monoisotopic (exact) mass is 348 g/mol. The summed E-state index contributed by atoms with van der Waals surface area (Å²) in [5.41, 5.74) is 0.584. The Balaban J connectivity index is 2.19. The molecule has 25 heavy (non-hydrogen) atoms. The third-order valence-electron chi connectivity index (χ3n) is 5.21. The molecule has 0 radical (unpaired) electrons. The molecule has 1 aromatic rings. The number of nitrogens with one attached hydrogen (secondary N) is 1. The first-order valence-corrected chi connectivity index (χ1v) is 9.18. The van der Waals surface area contributed by atoms with Gasteiger partial charge in [0.05, 0.1) is 12.1 Å². The number of β-amino-alcohol motifs (C(OH)–C–C–N with tert-alkyl or cyclic N) is 1. The maximum Gasteiger partial charge on any atom is 0.408 e. The lowest BCUT2D eigenvalue weighted by Gasteiger charge is -2.42. The molecule has 3 N–H and O–H groups in total. The molecular weight excluding hydrogens is 316 g/mol. The Kier molecular flexibility index (Phi) is 6.12. The van der Waals surface area contributed by atoms with E-state index >= 15 is 0 Å². The Labute approximate surface area is 151 Å². The lowest BCUT2D eigenvalue weighted by atomic mass is 9.94. The van der Waals surface area contributed by atoms with Crippen molar-refractivity contribution in [2.45, 2.75) is 76.6 Å². The van der Waals surface area contributed by atoms with Crippen LogP contribution in [0.5, 0.6) is 0 Å². The van der Waals surface area contributed by atoms with Gasteiger partial charge in [0.15, 0.2) is 0 Å². The maximum atomic E-state index is 11.9. The van der Waals surface area contributed by atoms with E-state index in [0.717, 1.165) is 24.8 Å². The van der Waals surface area contributed by atoms with Gasteiger partial charge in [0.2, 0.25) is 0 Å². The topological polar surface area (TPSA) is 72.8 Å². The molecule has 5 heteroatoms. The van der Waals surface area contributed by atoms with E-state index in [2.05, 4.69) is 12.2 Å². The number of hydrogen-bond donors (Lipinski definition) is 3. The molecule has 0 spiro atoms. The highest BCUT2D eigenvalue weighted by molar-refractivity contribution is 5.66. The molecule has 5 nitrogen and oxygen atoms in total. The van der Waals surface area contributed by atoms with Gasteiger partial charge >= 0.3 is 6.09 Å². The quantitative estimate of drug-likeness (QED) is 0.674. The zero-order chi connectivity index (χ0) is 18.7. The van der Waals surface area contributed by atoms with Crippen molar-refractivity contribution in [1.29, 1.82) is 0 Å². The molecule has 0 saturated heterocycles. The van der Waals surface area contributed by atoms with E-state index in [1.165, 1.54) is 4.90 Å². The summed E-state index contributed by atoms with van der Waals surface area (Å²) in [5, 5.41) is 24.1. The van der Waals surface area contributed by atoms with E-state index in [-0.39, 0.29) is 5.54 Å². The summed E-state index contributed by atoms with van der Waals surface area (Å²) < 4.78 is 0. The van der Waals surface area contributed by atoms with Crippen molar-refractivity contribution in [3.05, 3.63) is 35.9 Å². The van der Waals surface area contributed by atoms with Crippen LogP contribution in [0.1, 0.15) is 52.5 Å². The maximum absolute atomic E-state index is 11.9. The molecule has 1 aliphatic rings. The minimum atomic E-state index is -0.996. The van der Waals surface area contributed by atoms with Gasteiger partial charge in [-0.25, -0.2) is 4.79 Å². The summed E-state index contributed by atoms with van der Waals surface area (Å²) in [7, 11) is 0. The molecule has 0 bridgehead atoms. The number of amides is 1. The fourth-order valence-corrected chi connectivity index (χ4v) is 3.44. The number of carboxylic acid groups (broad SMARTS) is 1. The van der Waals surface area contributed by atoms with Crippen LogP contribution in [0.2, 0.25) is 0 Å². The van der Waals surface area contributed by atoms with Gasteiger partial charge in [-0.15, -0.1) is 0 Å². The van der Waals surface area contributed by atoms with E-state index < -0.39 is 23.8 Å². The van der Waals surface area contributed by atoms with Gasteiger partial charge in [-0.1, -0.05) is 37.3 Å². The Bertz CT molecular complexity index is 564. The van der Waals surface area contributed by atoms with Gasteiger partial charge in [0.1, 0.15) is 0 Å². The van der Waals surface area contributed by atoms with Crippen LogP contribution in [0.25, 0.3) is 0 Å². The predicted octanol–water partition coefficient (Wildman–Crippen LogP) is 3.27. The first-order valence-electron chi connectivity index (χ1n) is 9.18. The average Bonchev–Trinajstić information content (AvgIpc) is 3.32. The minimum Gasteiger partial charge on any atom is -0.465 e. The molecule has 0 aromatic heterocycles. The molecule has 2 rings (SSSR count). The van der Waals surface area contributed by atoms with Crippen molar-refractivity contribution in [2.24, 2.45) is 0 Å². The van der Waals surface area contributed by atoms with Gasteiger partial charge in [-0.05, 0) is 52.0 Å². The number of benzene rings is 1. The molecule has 1 aliphatic carbocycles. The molecule has 0 unspecified atom stereocenters. The summed E-state index contributed by atoms with van der Waals surface area (Å²) >= 11 is 0.